The number of sulfonamides is 1. The van der Waals surface area contributed by atoms with Gasteiger partial charge in [-0.1, -0.05) is 37.3 Å². The van der Waals surface area contributed by atoms with E-state index in [1.54, 1.807) is 6.07 Å². The van der Waals surface area contributed by atoms with Crippen molar-refractivity contribution in [2.24, 2.45) is 0 Å². The van der Waals surface area contributed by atoms with Crippen LogP contribution in [0.3, 0.4) is 0 Å². The Morgan fingerprint density at radius 2 is 1.80 bits per heavy atom. The van der Waals surface area contributed by atoms with Crippen LogP contribution in [0, 0.1) is 13.8 Å². The second-order valence-corrected chi connectivity index (χ2v) is 10.2. The highest BCUT2D eigenvalue weighted by Gasteiger charge is 2.24. The first-order valence-electron chi connectivity index (χ1n) is 10.7. The maximum Gasteiger partial charge on any atom is 0.241 e. The second-order valence-electron chi connectivity index (χ2n) is 8.25. The van der Waals surface area contributed by atoms with Crippen molar-refractivity contribution < 1.29 is 13.2 Å². The van der Waals surface area contributed by atoms with Gasteiger partial charge in [0, 0.05) is 0 Å². The minimum Gasteiger partial charge on any atom is -0.348 e. The maximum absolute atomic E-state index is 12.9. The first-order chi connectivity index (χ1) is 14.2. The number of hydrogen-bond donors (Lipinski definition) is 1. The molecule has 1 atom stereocenters. The van der Waals surface area contributed by atoms with E-state index in [4.69, 9.17) is 0 Å². The van der Waals surface area contributed by atoms with Crippen LogP contribution >= 0.6 is 0 Å². The van der Waals surface area contributed by atoms with Crippen molar-refractivity contribution in [3.8, 4) is 0 Å². The Bertz CT molecular complexity index is 1030. The molecule has 2 aromatic rings. The number of rotatable bonds is 7. The molecule has 0 aromatic heterocycles. The fraction of sp³-hybridized carbons (Fsp3) is 0.458. The molecule has 1 aliphatic carbocycles. The van der Waals surface area contributed by atoms with Gasteiger partial charge in [0.05, 0.1) is 18.0 Å². The Morgan fingerprint density at radius 1 is 1.10 bits per heavy atom. The number of fused-ring (bicyclic) bond motifs is 1. The van der Waals surface area contributed by atoms with Crippen molar-refractivity contribution in [3.63, 3.8) is 0 Å². The lowest BCUT2D eigenvalue weighted by Crippen LogP contribution is -2.41. The molecule has 0 aliphatic heterocycles. The molecule has 0 radical (unpaired) electrons. The van der Waals surface area contributed by atoms with E-state index in [1.165, 1.54) is 28.3 Å². The Labute approximate surface area is 180 Å². The molecule has 162 valence electrons. The summed E-state index contributed by atoms with van der Waals surface area (Å²) in [4.78, 5) is 12.9. The highest BCUT2D eigenvalue weighted by molar-refractivity contribution is 7.92. The largest absolute Gasteiger partial charge is 0.348 e. The van der Waals surface area contributed by atoms with Crippen molar-refractivity contribution >= 4 is 21.6 Å². The topological polar surface area (TPSA) is 66.5 Å². The summed E-state index contributed by atoms with van der Waals surface area (Å²) in [6, 6.07) is 11.8. The average molecular weight is 429 g/mol. The highest BCUT2D eigenvalue weighted by atomic mass is 32.2. The molecule has 0 saturated heterocycles. The number of carbonyl (C=O) groups is 1. The van der Waals surface area contributed by atoms with E-state index in [1.807, 2.05) is 32.9 Å². The zero-order valence-corrected chi connectivity index (χ0v) is 19.2. The van der Waals surface area contributed by atoms with Crippen LogP contribution in [0.25, 0.3) is 0 Å². The summed E-state index contributed by atoms with van der Waals surface area (Å²) in [6.45, 7) is 5.61. The van der Waals surface area contributed by atoms with Crippen LogP contribution in [0.4, 0.5) is 5.69 Å². The van der Waals surface area contributed by atoms with Crippen LogP contribution in [0.1, 0.15) is 60.0 Å². The molecular weight excluding hydrogens is 396 g/mol. The van der Waals surface area contributed by atoms with Crippen molar-refractivity contribution in [2.45, 2.75) is 58.9 Å². The van der Waals surface area contributed by atoms with Gasteiger partial charge in [-0.05, 0) is 79.8 Å². The number of carbonyl (C=O) groups excluding carboxylic acids is 1. The number of nitrogens with one attached hydrogen (secondary N) is 1. The number of amides is 1. The standard InChI is InChI=1S/C24H32N2O3S/c1-5-22(21-14-13-19-10-6-7-11-20(19)15-21)25-24(27)16-26(30(4,28)29)23-12-8-9-17(2)18(23)3/h8-9,12-15,22H,5-7,10-11,16H2,1-4H3,(H,25,27). The zero-order chi connectivity index (χ0) is 21.9. The molecule has 1 amide bonds. The molecule has 1 aliphatic rings. The molecule has 0 saturated carbocycles. The van der Waals surface area contributed by atoms with Gasteiger partial charge in [-0.2, -0.15) is 0 Å². The molecule has 2 aromatic carbocycles. The molecule has 5 nitrogen and oxygen atoms in total. The molecule has 1 N–H and O–H groups in total. The maximum atomic E-state index is 12.9. The summed E-state index contributed by atoms with van der Waals surface area (Å²) >= 11 is 0. The Hall–Kier alpha value is -2.34. The lowest BCUT2D eigenvalue weighted by Gasteiger charge is -2.26. The van der Waals surface area contributed by atoms with Crippen LogP contribution in [-0.4, -0.2) is 27.1 Å². The van der Waals surface area contributed by atoms with E-state index in [2.05, 4.69) is 23.5 Å². The van der Waals surface area contributed by atoms with Gasteiger partial charge in [0.15, 0.2) is 0 Å². The lowest BCUT2D eigenvalue weighted by molar-refractivity contribution is -0.120. The predicted molar refractivity (Wildman–Crippen MR) is 122 cm³/mol. The van der Waals surface area contributed by atoms with Crippen LogP contribution in [0.2, 0.25) is 0 Å². The van der Waals surface area contributed by atoms with Crippen molar-refractivity contribution in [3.05, 3.63) is 64.2 Å². The number of aryl methyl sites for hydroxylation is 3. The van der Waals surface area contributed by atoms with Crippen LogP contribution < -0.4 is 9.62 Å². The van der Waals surface area contributed by atoms with Gasteiger partial charge in [0.2, 0.25) is 15.9 Å². The molecule has 0 bridgehead atoms. The number of nitrogens with zero attached hydrogens (tertiary/aromatic N) is 1. The summed E-state index contributed by atoms with van der Waals surface area (Å²) in [7, 11) is -3.60. The number of benzene rings is 2. The molecule has 3 rings (SSSR count). The minimum absolute atomic E-state index is 0.134. The van der Waals surface area contributed by atoms with E-state index in [-0.39, 0.29) is 18.5 Å². The van der Waals surface area contributed by atoms with E-state index in [0.29, 0.717) is 5.69 Å². The Morgan fingerprint density at radius 3 is 2.47 bits per heavy atom. The summed E-state index contributed by atoms with van der Waals surface area (Å²) in [5.74, 6) is -0.300. The lowest BCUT2D eigenvalue weighted by atomic mass is 9.89. The molecule has 0 heterocycles. The summed E-state index contributed by atoms with van der Waals surface area (Å²) in [5.41, 5.74) is 6.27. The summed E-state index contributed by atoms with van der Waals surface area (Å²) in [6.07, 6.45) is 6.54. The van der Waals surface area contributed by atoms with Gasteiger partial charge in [-0.15, -0.1) is 0 Å². The van der Waals surface area contributed by atoms with Crippen molar-refractivity contribution in [2.75, 3.05) is 17.1 Å². The van der Waals surface area contributed by atoms with Gasteiger partial charge in [0.1, 0.15) is 6.54 Å². The molecule has 6 heteroatoms. The molecule has 0 spiro atoms. The van der Waals surface area contributed by atoms with Crippen molar-refractivity contribution in [1.82, 2.24) is 5.32 Å². The quantitative estimate of drug-likeness (QED) is 0.718. The third-order valence-electron chi connectivity index (χ3n) is 6.05. The summed E-state index contributed by atoms with van der Waals surface area (Å²) in [5, 5.41) is 3.05. The fourth-order valence-electron chi connectivity index (χ4n) is 4.15. The van der Waals surface area contributed by atoms with Gasteiger partial charge in [0.25, 0.3) is 0 Å². The first-order valence-corrected chi connectivity index (χ1v) is 12.5. The second kappa shape index (κ2) is 9.21. The molecule has 0 fully saturated rings. The van der Waals surface area contributed by atoms with Crippen LogP contribution in [0.15, 0.2) is 36.4 Å². The highest BCUT2D eigenvalue weighted by Crippen LogP contribution is 2.27. The first kappa shape index (κ1) is 22.3. The van der Waals surface area contributed by atoms with Gasteiger partial charge in [-0.25, -0.2) is 8.42 Å². The minimum atomic E-state index is -3.60. The van der Waals surface area contributed by atoms with Crippen LogP contribution in [-0.2, 0) is 27.7 Å². The third kappa shape index (κ3) is 5.04. The van der Waals surface area contributed by atoms with E-state index in [0.717, 1.165) is 42.2 Å². The molecular formula is C24H32N2O3S. The average Bonchev–Trinajstić information content (AvgIpc) is 2.71. The Kier molecular flexibility index (Phi) is 6.86. The smallest absolute Gasteiger partial charge is 0.241 e. The van der Waals surface area contributed by atoms with E-state index >= 15 is 0 Å². The monoisotopic (exact) mass is 428 g/mol. The predicted octanol–water partition coefficient (Wildman–Crippen LogP) is 4.22. The summed E-state index contributed by atoms with van der Waals surface area (Å²) < 4.78 is 26.1. The Balaban J connectivity index is 1.80. The van der Waals surface area contributed by atoms with Gasteiger partial charge in [-0.3, -0.25) is 9.10 Å². The third-order valence-corrected chi connectivity index (χ3v) is 7.18. The van der Waals surface area contributed by atoms with Crippen molar-refractivity contribution in [1.29, 1.82) is 0 Å². The SMILES string of the molecule is CCC(NC(=O)CN(c1cccc(C)c1C)S(C)(=O)=O)c1ccc2c(c1)CCCC2. The normalized spacial score (nSPS) is 14.7. The zero-order valence-electron chi connectivity index (χ0n) is 18.4. The van der Waals surface area contributed by atoms with E-state index in [9.17, 15) is 13.2 Å². The molecule has 30 heavy (non-hydrogen) atoms. The van der Waals surface area contributed by atoms with Crippen LogP contribution in [0.5, 0.6) is 0 Å². The fourth-order valence-corrected chi connectivity index (χ4v) is 5.06. The number of hydrogen-bond acceptors (Lipinski definition) is 3. The van der Waals surface area contributed by atoms with E-state index < -0.39 is 10.0 Å². The van der Waals surface area contributed by atoms with Gasteiger partial charge < -0.3 is 5.32 Å². The van der Waals surface area contributed by atoms with Gasteiger partial charge >= 0.3 is 0 Å². The molecule has 1 unspecified atom stereocenters. The number of anilines is 1.